The largest absolute Gasteiger partial charge is 0.493 e. The summed E-state index contributed by atoms with van der Waals surface area (Å²) in [6.45, 7) is 8.01. The van der Waals surface area contributed by atoms with E-state index in [-0.39, 0.29) is 12.4 Å². The Balaban J connectivity index is 0.00000242. The molecule has 1 saturated heterocycles. The minimum atomic E-state index is 0. The molecule has 0 aliphatic carbocycles. The van der Waals surface area contributed by atoms with Gasteiger partial charge in [0.1, 0.15) is 5.75 Å². The predicted octanol–water partition coefficient (Wildman–Crippen LogP) is 3.19. The molecule has 124 valence electrons. The summed E-state index contributed by atoms with van der Waals surface area (Å²) in [6, 6.07) is 7.35. The Morgan fingerprint density at radius 1 is 1.23 bits per heavy atom. The van der Waals surface area contributed by atoms with E-state index in [9.17, 15) is 4.79 Å². The maximum absolute atomic E-state index is 10.9. The van der Waals surface area contributed by atoms with Crippen LogP contribution in [0.5, 0.6) is 5.75 Å². The monoisotopic (exact) mass is 327 g/mol. The molecule has 0 N–H and O–H groups in total. The number of unbranched alkanes of at least 4 members (excludes halogenated alkanes) is 1. The highest BCUT2D eigenvalue weighted by molar-refractivity contribution is 5.85. The van der Waals surface area contributed by atoms with Gasteiger partial charge in [-0.2, -0.15) is 0 Å². The van der Waals surface area contributed by atoms with Crippen LogP contribution >= 0.6 is 12.4 Å². The van der Waals surface area contributed by atoms with Gasteiger partial charge in [-0.25, -0.2) is 0 Å². The summed E-state index contributed by atoms with van der Waals surface area (Å²) in [7, 11) is 0. The quantitative estimate of drug-likeness (QED) is 0.569. The highest BCUT2D eigenvalue weighted by Crippen LogP contribution is 2.16. The van der Waals surface area contributed by atoms with Gasteiger partial charge in [0, 0.05) is 13.1 Å². The van der Waals surface area contributed by atoms with Crippen LogP contribution in [0, 0.1) is 0 Å². The summed E-state index contributed by atoms with van der Waals surface area (Å²) in [6.07, 6.45) is 3.58. The molecule has 0 bridgehead atoms. The lowest BCUT2D eigenvalue weighted by Gasteiger charge is -2.35. The molecule has 0 spiro atoms. The number of halogens is 1. The number of hydrogen-bond acceptors (Lipinski definition) is 4. The molecule has 0 saturated carbocycles. The lowest BCUT2D eigenvalue weighted by atomic mass is 10.2. The first kappa shape index (κ1) is 18.9. The molecule has 1 aliphatic heterocycles. The van der Waals surface area contributed by atoms with Crippen LogP contribution in [0.2, 0.25) is 0 Å². The van der Waals surface area contributed by atoms with Crippen LogP contribution in [-0.2, 0) is 4.74 Å². The molecular weight excluding hydrogens is 302 g/mol. The van der Waals surface area contributed by atoms with E-state index < -0.39 is 0 Å². The molecule has 1 aromatic rings. The standard InChI is InChI=1S/C17H25NO3.ClH/c1-14-11-18(12-15(2)21-14)9-5-6-10-20-17-8-4-3-7-16(17)13-19;/h3-4,7-8,13-15H,5-6,9-12H2,1-2H3;1H. The molecule has 1 fully saturated rings. The molecule has 1 aliphatic rings. The van der Waals surface area contributed by atoms with Crippen LogP contribution in [0.15, 0.2) is 24.3 Å². The van der Waals surface area contributed by atoms with Crippen LogP contribution in [-0.4, -0.2) is 49.6 Å². The van der Waals surface area contributed by atoms with Gasteiger partial charge in [-0.05, 0) is 45.4 Å². The average molecular weight is 328 g/mol. The van der Waals surface area contributed by atoms with Crippen molar-refractivity contribution in [1.82, 2.24) is 4.90 Å². The third-order valence-corrected chi connectivity index (χ3v) is 3.67. The molecule has 2 rings (SSSR count). The number of benzene rings is 1. The number of aldehydes is 1. The molecule has 0 amide bonds. The number of ether oxygens (including phenoxy) is 2. The topological polar surface area (TPSA) is 38.8 Å². The second kappa shape index (κ2) is 9.82. The molecule has 4 nitrogen and oxygen atoms in total. The molecule has 0 aromatic heterocycles. The first-order valence-corrected chi connectivity index (χ1v) is 7.74. The van der Waals surface area contributed by atoms with Gasteiger partial charge in [0.15, 0.2) is 6.29 Å². The molecule has 1 aromatic carbocycles. The van der Waals surface area contributed by atoms with Crippen LogP contribution in [0.3, 0.4) is 0 Å². The Kier molecular flexibility index (Phi) is 8.46. The van der Waals surface area contributed by atoms with Crippen molar-refractivity contribution in [2.45, 2.75) is 38.9 Å². The van der Waals surface area contributed by atoms with E-state index in [4.69, 9.17) is 9.47 Å². The Hall–Kier alpha value is -1.10. The second-order valence-corrected chi connectivity index (χ2v) is 5.73. The van der Waals surface area contributed by atoms with Gasteiger partial charge in [0.25, 0.3) is 0 Å². The van der Waals surface area contributed by atoms with Crippen LogP contribution in [0.4, 0.5) is 0 Å². The smallest absolute Gasteiger partial charge is 0.153 e. The van der Waals surface area contributed by atoms with Gasteiger partial charge in [-0.1, -0.05) is 12.1 Å². The SMILES string of the molecule is CC1CN(CCCCOc2ccccc2C=O)CC(C)O1.Cl. The zero-order chi connectivity index (χ0) is 15.1. The van der Waals surface area contributed by atoms with E-state index >= 15 is 0 Å². The Labute approximate surface area is 139 Å². The first-order valence-electron chi connectivity index (χ1n) is 7.74. The molecular formula is C17H26ClNO3. The van der Waals surface area contributed by atoms with E-state index in [1.165, 1.54) is 0 Å². The number of rotatable bonds is 7. The average Bonchev–Trinajstić information content (AvgIpc) is 2.46. The summed E-state index contributed by atoms with van der Waals surface area (Å²) in [5.74, 6) is 0.682. The molecule has 1 heterocycles. The van der Waals surface area contributed by atoms with E-state index in [1.807, 2.05) is 18.2 Å². The molecule has 5 heteroatoms. The van der Waals surface area contributed by atoms with Gasteiger partial charge in [0.05, 0.1) is 24.4 Å². The fraction of sp³-hybridized carbons (Fsp3) is 0.588. The van der Waals surface area contributed by atoms with E-state index in [1.54, 1.807) is 6.07 Å². The number of nitrogens with zero attached hydrogens (tertiary/aromatic N) is 1. The summed E-state index contributed by atoms with van der Waals surface area (Å²) in [4.78, 5) is 13.3. The maximum atomic E-state index is 10.9. The molecule has 2 unspecified atom stereocenters. The second-order valence-electron chi connectivity index (χ2n) is 5.73. The van der Waals surface area contributed by atoms with E-state index in [0.717, 1.165) is 38.8 Å². The molecule has 2 atom stereocenters. The van der Waals surface area contributed by atoms with Gasteiger partial charge in [-0.3, -0.25) is 9.69 Å². The fourth-order valence-corrected chi connectivity index (χ4v) is 2.80. The summed E-state index contributed by atoms with van der Waals surface area (Å²) >= 11 is 0. The lowest BCUT2D eigenvalue weighted by molar-refractivity contribution is -0.0682. The van der Waals surface area contributed by atoms with Crippen molar-refractivity contribution < 1.29 is 14.3 Å². The van der Waals surface area contributed by atoms with Crippen molar-refractivity contribution in [1.29, 1.82) is 0 Å². The molecule has 22 heavy (non-hydrogen) atoms. The number of hydrogen-bond donors (Lipinski definition) is 0. The van der Waals surface area contributed by atoms with Crippen LogP contribution < -0.4 is 4.74 Å². The highest BCUT2D eigenvalue weighted by Gasteiger charge is 2.21. The van der Waals surface area contributed by atoms with E-state index in [2.05, 4.69) is 18.7 Å². The Morgan fingerprint density at radius 3 is 2.59 bits per heavy atom. The van der Waals surface area contributed by atoms with Crippen molar-refractivity contribution in [2.75, 3.05) is 26.2 Å². The van der Waals surface area contributed by atoms with E-state index in [0.29, 0.717) is 30.1 Å². The van der Waals surface area contributed by atoms with Gasteiger partial charge in [0.2, 0.25) is 0 Å². The fourth-order valence-electron chi connectivity index (χ4n) is 2.80. The number of carbonyl (C=O) groups is 1. The summed E-state index contributed by atoms with van der Waals surface area (Å²) in [5.41, 5.74) is 0.619. The van der Waals surface area contributed by atoms with Gasteiger partial charge >= 0.3 is 0 Å². The predicted molar refractivity (Wildman–Crippen MR) is 90.3 cm³/mol. The highest BCUT2D eigenvalue weighted by atomic mass is 35.5. The summed E-state index contributed by atoms with van der Waals surface area (Å²) in [5, 5.41) is 0. The zero-order valence-electron chi connectivity index (χ0n) is 13.4. The van der Waals surface area contributed by atoms with Crippen LogP contribution in [0.1, 0.15) is 37.0 Å². The number of morpholine rings is 1. The van der Waals surface area contributed by atoms with Gasteiger partial charge < -0.3 is 9.47 Å². The first-order chi connectivity index (χ1) is 10.2. The van der Waals surface area contributed by atoms with Crippen molar-refractivity contribution in [3.63, 3.8) is 0 Å². The third-order valence-electron chi connectivity index (χ3n) is 3.67. The minimum Gasteiger partial charge on any atom is -0.493 e. The Morgan fingerprint density at radius 2 is 1.91 bits per heavy atom. The maximum Gasteiger partial charge on any atom is 0.153 e. The lowest BCUT2D eigenvalue weighted by Crippen LogP contribution is -2.45. The van der Waals surface area contributed by atoms with Crippen molar-refractivity contribution in [3.8, 4) is 5.75 Å². The Bertz CT molecular complexity index is 445. The molecule has 0 radical (unpaired) electrons. The van der Waals surface area contributed by atoms with Crippen LogP contribution in [0.25, 0.3) is 0 Å². The minimum absolute atomic E-state index is 0. The zero-order valence-corrected chi connectivity index (χ0v) is 14.2. The van der Waals surface area contributed by atoms with Crippen molar-refractivity contribution in [3.05, 3.63) is 29.8 Å². The van der Waals surface area contributed by atoms with Crippen molar-refractivity contribution >= 4 is 18.7 Å². The number of para-hydroxylation sites is 1. The van der Waals surface area contributed by atoms with Crippen molar-refractivity contribution in [2.24, 2.45) is 0 Å². The summed E-state index contributed by atoms with van der Waals surface area (Å²) < 4.78 is 11.4. The number of carbonyl (C=O) groups excluding carboxylic acids is 1. The normalized spacial score (nSPS) is 21.9. The third kappa shape index (κ3) is 5.95. The van der Waals surface area contributed by atoms with Gasteiger partial charge in [-0.15, -0.1) is 12.4 Å².